The lowest BCUT2D eigenvalue weighted by atomic mass is 10.1. The summed E-state index contributed by atoms with van der Waals surface area (Å²) in [4.78, 5) is 0. The minimum atomic E-state index is 0.277. The largest absolute Gasteiger partial charge is 0.495 e. The van der Waals surface area contributed by atoms with Gasteiger partial charge in [0.2, 0.25) is 0 Å². The molecule has 1 rings (SSSR count). The Kier molecular flexibility index (Phi) is 4.92. The lowest BCUT2D eigenvalue weighted by Crippen LogP contribution is -2.14. The van der Waals surface area contributed by atoms with E-state index < -0.39 is 0 Å². The number of hydrogen-bond acceptors (Lipinski definition) is 2. The zero-order valence-corrected chi connectivity index (χ0v) is 10.1. The molecule has 1 unspecified atom stereocenters. The molecule has 0 radical (unpaired) electrons. The number of halogens is 1. The molecule has 0 amide bonds. The van der Waals surface area contributed by atoms with E-state index in [2.05, 4.69) is 0 Å². The van der Waals surface area contributed by atoms with Crippen LogP contribution in [0.5, 0.6) is 5.75 Å². The first-order valence-corrected chi connectivity index (χ1v) is 5.59. The molecule has 0 aromatic heterocycles. The molecule has 3 heteroatoms. The smallest absolute Gasteiger partial charge is 0.137 e. The van der Waals surface area contributed by atoms with Gasteiger partial charge in [-0.25, -0.2) is 0 Å². The Morgan fingerprint density at radius 1 is 1.47 bits per heavy atom. The van der Waals surface area contributed by atoms with Crippen LogP contribution in [-0.2, 0) is 6.42 Å². The second kappa shape index (κ2) is 5.99. The molecule has 2 nitrogen and oxygen atoms in total. The minimum Gasteiger partial charge on any atom is -0.495 e. The molecule has 1 aromatic carbocycles. The van der Waals surface area contributed by atoms with Crippen LogP contribution in [-0.4, -0.2) is 13.2 Å². The molecular formula is C12H18ClNO. The fourth-order valence-electron chi connectivity index (χ4n) is 1.49. The summed E-state index contributed by atoms with van der Waals surface area (Å²) in [5.41, 5.74) is 6.92. The number of benzene rings is 1. The zero-order chi connectivity index (χ0) is 11.3. The standard InChI is InChI=1S/C12H18ClNO/c1-9(14)4-3-5-10-6-7-12(15-2)11(13)8-10/h6-9H,3-5,14H2,1-2H3. The van der Waals surface area contributed by atoms with Crippen LogP contribution in [0.3, 0.4) is 0 Å². The summed E-state index contributed by atoms with van der Waals surface area (Å²) in [5.74, 6) is 0.729. The fourth-order valence-corrected chi connectivity index (χ4v) is 1.77. The number of rotatable bonds is 5. The maximum absolute atomic E-state index is 6.02. The summed E-state index contributed by atoms with van der Waals surface area (Å²) >= 11 is 6.02. The van der Waals surface area contributed by atoms with Crippen molar-refractivity contribution in [1.82, 2.24) is 0 Å². The van der Waals surface area contributed by atoms with Crippen molar-refractivity contribution in [3.05, 3.63) is 28.8 Å². The Balaban J connectivity index is 2.52. The summed E-state index contributed by atoms with van der Waals surface area (Å²) in [6.45, 7) is 2.03. The third-order valence-corrected chi connectivity index (χ3v) is 2.64. The van der Waals surface area contributed by atoms with Crippen LogP contribution >= 0.6 is 11.6 Å². The van der Waals surface area contributed by atoms with E-state index in [4.69, 9.17) is 22.1 Å². The third-order valence-electron chi connectivity index (χ3n) is 2.34. The van der Waals surface area contributed by atoms with E-state index in [1.54, 1.807) is 7.11 Å². The maximum atomic E-state index is 6.02. The van der Waals surface area contributed by atoms with Crippen LogP contribution in [0.25, 0.3) is 0 Å². The van der Waals surface area contributed by atoms with Crippen LogP contribution in [0.1, 0.15) is 25.3 Å². The third kappa shape index (κ3) is 4.10. The van der Waals surface area contributed by atoms with E-state index in [0.717, 1.165) is 25.0 Å². The predicted molar refractivity (Wildman–Crippen MR) is 64.6 cm³/mol. The van der Waals surface area contributed by atoms with E-state index in [0.29, 0.717) is 5.02 Å². The van der Waals surface area contributed by atoms with Crippen molar-refractivity contribution in [3.63, 3.8) is 0 Å². The van der Waals surface area contributed by atoms with Crippen LogP contribution in [0, 0.1) is 0 Å². The second-order valence-corrected chi connectivity index (χ2v) is 4.25. The van der Waals surface area contributed by atoms with Gasteiger partial charge in [-0.15, -0.1) is 0 Å². The summed E-state index contributed by atoms with van der Waals surface area (Å²) in [7, 11) is 1.62. The van der Waals surface area contributed by atoms with E-state index in [1.165, 1.54) is 5.56 Å². The molecule has 15 heavy (non-hydrogen) atoms. The molecule has 1 atom stereocenters. The molecule has 0 heterocycles. The molecule has 0 aliphatic carbocycles. The van der Waals surface area contributed by atoms with E-state index in [1.807, 2.05) is 25.1 Å². The van der Waals surface area contributed by atoms with Gasteiger partial charge in [0, 0.05) is 6.04 Å². The lowest BCUT2D eigenvalue weighted by molar-refractivity contribution is 0.415. The Bertz CT molecular complexity index is 312. The van der Waals surface area contributed by atoms with Crippen molar-refractivity contribution in [1.29, 1.82) is 0 Å². The van der Waals surface area contributed by atoms with Crippen molar-refractivity contribution in [2.24, 2.45) is 5.73 Å². The van der Waals surface area contributed by atoms with Crippen molar-refractivity contribution >= 4 is 11.6 Å². The first-order valence-electron chi connectivity index (χ1n) is 5.21. The van der Waals surface area contributed by atoms with Gasteiger partial charge in [-0.2, -0.15) is 0 Å². The number of methoxy groups -OCH3 is 1. The van der Waals surface area contributed by atoms with Crippen LogP contribution in [0.15, 0.2) is 18.2 Å². The molecule has 84 valence electrons. The number of hydrogen-bond donors (Lipinski definition) is 1. The average Bonchev–Trinajstić information content (AvgIpc) is 2.17. The highest BCUT2D eigenvalue weighted by molar-refractivity contribution is 6.32. The molecule has 0 aliphatic heterocycles. The minimum absolute atomic E-state index is 0.277. The summed E-state index contributed by atoms with van der Waals surface area (Å²) in [6.07, 6.45) is 3.16. The average molecular weight is 228 g/mol. The quantitative estimate of drug-likeness (QED) is 0.839. The Morgan fingerprint density at radius 2 is 2.20 bits per heavy atom. The van der Waals surface area contributed by atoms with Crippen molar-refractivity contribution in [2.75, 3.05) is 7.11 Å². The van der Waals surface area contributed by atoms with Gasteiger partial charge in [0.15, 0.2) is 0 Å². The maximum Gasteiger partial charge on any atom is 0.137 e. The van der Waals surface area contributed by atoms with E-state index in [-0.39, 0.29) is 6.04 Å². The van der Waals surface area contributed by atoms with Crippen LogP contribution in [0.4, 0.5) is 0 Å². The van der Waals surface area contributed by atoms with Crippen LogP contribution in [0.2, 0.25) is 5.02 Å². The van der Waals surface area contributed by atoms with Gasteiger partial charge >= 0.3 is 0 Å². The van der Waals surface area contributed by atoms with Crippen LogP contribution < -0.4 is 10.5 Å². The number of nitrogens with two attached hydrogens (primary N) is 1. The predicted octanol–water partition coefficient (Wildman–Crippen LogP) is 3.02. The van der Waals surface area contributed by atoms with Crippen molar-refractivity contribution < 1.29 is 4.74 Å². The molecule has 0 saturated heterocycles. The van der Waals surface area contributed by atoms with Gasteiger partial charge in [-0.3, -0.25) is 0 Å². The fraction of sp³-hybridized carbons (Fsp3) is 0.500. The van der Waals surface area contributed by atoms with Gasteiger partial charge in [-0.1, -0.05) is 17.7 Å². The van der Waals surface area contributed by atoms with E-state index in [9.17, 15) is 0 Å². The highest BCUT2D eigenvalue weighted by Crippen LogP contribution is 2.25. The Hall–Kier alpha value is -0.730. The monoisotopic (exact) mass is 227 g/mol. The lowest BCUT2D eigenvalue weighted by Gasteiger charge is -2.07. The van der Waals surface area contributed by atoms with Crippen molar-refractivity contribution in [3.8, 4) is 5.75 Å². The topological polar surface area (TPSA) is 35.2 Å². The molecule has 0 aliphatic rings. The number of ether oxygens (including phenoxy) is 1. The molecule has 0 saturated carbocycles. The molecular weight excluding hydrogens is 210 g/mol. The first kappa shape index (κ1) is 12.3. The molecule has 2 N–H and O–H groups in total. The zero-order valence-electron chi connectivity index (χ0n) is 9.29. The van der Waals surface area contributed by atoms with Gasteiger partial charge in [0.25, 0.3) is 0 Å². The summed E-state index contributed by atoms with van der Waals surface area (Å²) < 4.78 is 5.09. The highest BCUT2D eigenvalue weighted by atomic mass is 35.5. The highest BCUT2D eigenvalue weighted by Gasteiger charge is 2.02. The summed E-state index contributed by atoms with van der Waals surface area (Å²) in [6, 6.07) is 6.19. The molecule has 0 spiro atoms. The van der Waals surface area contributed by atoms with E-state index >= 15 is 0 Å². The van der Waals surface area contributed by atoms with Gasteiger partial charge in [0.05, 0.1) is 12.1 Å². The van der Waals surface area contributed by atoms with Crippen molar-refractivity contribution in [2.45, 2.75) is 32.2 Å². The SMILES string of the molecule is COc1ccc(CCCC(C)N)cc1Cl. The Labute approximate surface area is 96.4 Å². The van der Waals surface area contributed by atoms with Gasteiger partial charge < -0.3 is 10.5 Å². The number of aryl methyl sites for hydroxylation is 1. The molecule has 0 bridgehead atoms. The summed E-state index contributed by atoms with van der Waals surface area (Å²) in [5, 5.41) is 0.677. The molecule has 0 fully saturated rings. The van der Waals surface area contributed by atoms with Gasteiger partial charge in [0.1, 0.15) is 5.75 Å². The second-order valence-electron chi connectivity index (χ2n) is 3.84. The first-order chi connectivity index (χ1) is 7.13. The molecule has 1 aromatic rings. The van der Waals surface area contributed by atoms with Gasteiger partial charge in [-0.05, 0) is 43.9 Å². The normalized spacial score (nSPS) is 12.5. The Morgan fingerprint density at radius 3 is 2.73 bits per heavy atom.